The van der Waals surface area contributed by atoms with Crippen molar-refractivity contribution in [2.24, 2.45) is 0 Å². The molecule has 3 aromatic rings. The molecule has 4 heteroatoms. The van der Waals surface area contributed by atoms with E-state index < -0.39 is 5.76 Å². The van der Waals surface area contributed by atoms with E-state index in [1.165, 1.54) is 5.56 Å². The maximum atomic E-state index is 11.1. The summed E-state index contributed by atoms with van der Waals surface area (Å²) in [7, 11) is 0. The van der Waals surface area contributed by atoms with Crippen LogP contribution in [0.25, 0.3) is 11.1 Å². The number of hydrogen-bond acceptors (Lipinski definition) is 2. The van der Waals surface area contributed by atoms with Crippen molar-refractivity contribution in [3.63, 3.8) is 0 Å². The number of H-pyrrole nitrogens is 1. The van der Waals surface area contributed by atoms with Crippen molar-refractivity contribution in [3.8, 4) is 0 Å². The van der Waals surface area contributed by atoms with Crippen LogP contribution >= 0.6 is 11.6 Å². The second-order valence-electron chi connectivity index (χ2n) is 4.54. The van der Waals surface area contributed by atoms with Crippen molar-refractivity contribution in [1.29, 1.82) is 0 Å². The van der Waals surface area contributed by atoms with Crippen LogP contribution in [0.5, 0.6) is 0 Å². The molecule has 1 unspecified atom stereocenters. The fourth-order valence-corrected chi connectivity index (χ4v) is 2.33. The van der Waals surface area contributed by atoms with Gasteiger partial charge >= 0.3 is 5.76 Å². The SMILES string of the molecule is Cc1ccc(C(Cl)c2ccc3[nH]c(=O)oc3c2)cc1. The van der Waals surface area contributed by atoms with Gasteiger partial charge in [-0.3, -0.25) is 4.98 Å². The van der Waals surface area contributed by atoms with Crippen molar-refractivity contribution in [2.45, 2.75) is 12.3 Å². The molecule has 3 rings (SSSR count). The van der Waals surface area contributed by atoms with E-state index in [0.29, 0.717) is 11.1 Å². The molecule has 1 heterocycles. The lowest BCUT2D eigenvalue weighted by molar-refractivity contribution is 0.555. The third-order valence-corrected chi connectivity index (χ3v) is 3.61. The van der Waals surface area contributed by atoms with Crippen molar-refractivity contribution in [2.75, 3.05) is 0 Å². The molecule has 0 radical (unpaired) electrons. The number of rotatable bonds is 2. The molecule has 0 aliphatic heterocycles. The van der Waals surface area contributed by atoms with Gasteiger partial charge in [-0.05, 0) is 30.2 Å². The lowest BCUT2D eigenvalue weighted by Gasteiger charge is -2.10. The van der Waals surface area contributed by atoms with Crippen LogP contribution in [-0.2, 0) is 0 Å². The van der Waals surface area contributed by atoms with E-state index in [1.807, 2.05) is 37.3 Å². The van der Waals surface area contributed by atoms with Crippen molar-refractivity contribution < 1.29 is 4.42 Å². The smallest absolute Gasteiger partial charge is 0.408 e. The largest absolute Gasteiger partial charge is 0.417 e. The second-order valence-corrected chi connectivity index (χ2v) is 4.98. The Morgan fingerprint density at radius 1 is 1.11 bits per heavy atom. The maximum absolute atomic E-state index is 11.1. The van der Waals surface area contributed by atoms with E-state index in [1.54, 1.807) is 12.1 Å². The van der Waals surface area contributed by atoms with Gasteiger partial charge < -0.3 is 4.42 Å². The van der Waals surface area contributed by atoms with E-state index in [2.05, 4.69) is 4.98 Å². The van der Waals surface area contributed by atoms with Gasteiger partial charge in [-0.15, -0.1) is 11.6 Å². The molecule has 0 aliphatic carbocycles. The first-order valence-electron chi connectivity index (χ1n) is 5.97. The Hall–Kier alpha value is -2.00. The molecule has 1 aromatic heterocycles. The monoisotopic (exact) mass is 273 g/mol. The standard InChI is InChI=1S/C15H12ClNO2/c1-9-2-4-10(5-3-9)14(16)11-6-7-12-13(8-11)19-15(18)17-12/h2-8,14H,1H3,(H,17,18). The average molecular weight is 274 g/mol. The minimum atomic E-state index is -0.450. The van der Waals surface area contributed by atoms with Gasteiger partial charge in [-0.25, -0.2) is 4.79 Å². The topological polar surface area (TPSA) is 46.0 Å². The van der Waals surface area contributed by atoms with Crippen LogP contribution in [0.15, 0.2) is 51.7 Å². The average Bonchev–Trinajstić information content (AvgIpc) is 2.77. The zero-order chi connectivity index (χ0) is 13.4. The number of oxazole rings is 1. The lowest BCUT2D eigenvalue weighted by atomic mass is 10.0. The molecule has 0 fully saturated rings. The first-order chi connectivity index (χ1) is 9.13. The second kappa shape index (κ2) is 4.59. The number of hydrogen-bond donors (Lipinski definition) is 1. The Morgan fingerprint density at radius 3 is 2.53 bits per heavy atom. The summed E-state index contributed by atoms with van der Waals surface area (Å²) in [6.45, 7) is 2.04. The number of aryl methyl sites for hydroxylation is 1. The highest BCUT2D eigenvalue weighted by atomic mass is 35.5. The molecule has 0 saturated heterocycles. The van der Waals surface area contributed by atoms with Gasteiger partial charge in [-0.1, -0.05) is 35.9 Å². The quantitative estimate of drug-likeness (QED) is 0.723. The highest BCUT2D eigenvalue weighted by Gasteiger charge is 2.12. The van der Waals surface area contributed by atoms with E-state index in [0.717, 1.165) is 11.1 Å². The van der Waals surface area contributed by atoms with Gasteiger partial charge in [0, 0.05) is 0 Å². The van der Waals surface area contributed by atoms with Crippen molar-refractivity contribution >= 4 is 22.7 Å². The first kappa shape index (κ1) is 12.1. The van der Waals surface area contributed by atoms with Gasteiger partial charge in [-0.2, -0.15) is 0 Å². The van der Waals surface area contributed by atoms with Gasteiger partial charge in [0.25, 0.3) is 0 Å². The van der Waals surface area contributed by atoms with Crippen LogP contribution < -0.4 is 5.76 Å². The van der Waals surface area contributed by atoms with Crippen LogP contribution in [0, 0.1) is 6.92 Å². The van der Waals surface area contributed by atoms with Crippen molar-refractivity contribution in [3.05, 3.63) is 69.7 Å². The Morgan fingerprint density at radius 2 is 1.79 bits per heavy atom. The van der Waals surface area contributed by atoms with E-state index in [9.17, 15) is 4.79 Å². The molecule has 0 bridgehead atoms. The summed E-state index contributed by atoms with van der Waals surface area (Å²) in [5.41, 5.74) is 4.33. The molecule has 96 valence electrons. The molecular formula is C15H12ClNO2. The van der Waals surface area contributed by atoms with E-state index in [4.69, 9.17) is 16.0 Å². The van der Waals surface area contributed by atoms with Crippen LogP contribution in [0.1, 0.15) is 22.1 Å². The molecule has 0 spiro atoms. The maximum Gasteiger partial charge on any atom is 0.417 e. The summed E-state index contributed by atoms with van der Waals surface area (Å²) < 4.78 is 5.04. The van der Waals surface area contributed by atoms with E-state index >= 15 is 0 Å². The number of nitrogens with one attached hydrogen (secondary N) is 1. The van der Waals surface area contributed by atoms with Gasteiger partial charge in [0.05, 0.1) is 10.9 Å². The zero-order valence-corrected chi connectivity index (χ0v) is 11.1. The molecule has 2 aromatic carbocycles. The number of benzene rings is 2. The third kappa shape index (κ3) is 2.29. The van der Waals surface area contributed by atoms with Gasteiger partial charge in [0.15, 0.2) is 5.58 Å². The predicted molar refractivity (Wildman–Crippen MR) is 75.7 cm³/mol. The summed E-state index contributed by atoms with van der Waals surface area (Å²) in [5, 5.41) is -0.259. The predicted octanol–water partition coefficient (Wildman–Crippen LogP) is 3.76. The molecule has 0 aliphatic rings. The molecule has 0 amide bonds. The lowest BCUT2D eigenvalue weighted by Crippen LogP contribution is -1.93. The minimum Gasteiger partial charge on any atom is -0.408 e. The van der Waals surface area contributed by atoms with Crippen LogP contribution in [-0.4, -0.2) is 4.98 Å². The molecule has 19 heavy (non-hydrogen) atoms. The molecule has 1 N–H and O–H groups in total. The van der Waals surface area contributed by atoms with E-state index in [-0.39, 0.29) is 5.38 Å². The summed E-state index contributed by atoms with van der Waals surface area (Å²) in [6, 6.07) is 13.6. The Balaban J connectivity index is 2.03. The summed E-state index contributed by atoms with van der Waals surface area (Å²) in [6.07, 6.45) is 0. The van der Waals surface area contributed by atoms with Crippen molar-refractivity contribution in [1.82, 2.24) is 4.98 Å². The minimum absolute atomic E-state index is 0.259. The highest BCUT2D eigenvalue weighted by molar-refractivity contribution is 6.22. The normalized spacial score (nSPS) is 12.7. The number of halogens is 1. The number of alkyl halides is 1. The van der Waals surface area contributed by atoms with Gasteiger partial charge in [0.1, 0.15) is 0 Å². The fourth-order valence-electron chi connectivity index (χ4n) is 2.05. The van der Waals surface area contributed by atoms with Crippen LogP contribution in [0.2, 0.25) is 0 Å². The fraction of sp³-hybridized carbons (Fsp3) is 0.133. The van der Waals surface area contributed by atoms with Gasteiger partial charge in [0.2, 0.25) is 0 Å². The Kier molecular flexibility index (Phi) is 2.91. The number of fused-ring (bicyclic) bond motifs is 1. The number of aromatic nitrogens is 1. The Labute approximate surface area is 114 Å². The molecule has 1 atom stereocenters. The molecule has 0 saturated carbocycles. The zero-order valence-electron chi connectivity index (χ0n) is 10.3. The highest BCUT2D eigenvalue weighted by Crippen LogP contribution is 2.30. The summed E-state index contributed by atoms with van der Waals surface area (Å²) >= 11 is 6.46. The Bertz CT molecular complexity index is 771. The summed E-state index contributed by atoms with van der Waals surface area (Å²) in [4.78, 5) is 13.7. The third-order valence-electron chi connectivity index (χ3n) is 3.11. The molecule has 3 nitrogen and oxygen atoms in total. The first-order valence-corrected chi connectivity index (χ1v) is 6.40. The van der Waals surface area contributed by atoms with Crippen LogP contribution in [0.3, 0.4) is 0 Å². The molecular weight excluding hydrogens is 262 g/mol. The number of aromatic amines is 1. The summed E-state index contributed by atoms with van der Waals surface area (Å²) in [5.74, 6) is -0.450. The van der Waals surface area contributed by atoms with Crippen LogP contribution in [0.4, 0.5) is 0 Å².